The molecule has 0 aromatic carbocycles. The zero-order chi connectivity index (χ0) is 30.7. The second-order valence-electron chi connectivity index (χ2n) is 9.28. The van der Waals surface area contributed by atoms with Gasteiger partial charge in [0.1, 0.15) is 23.1 Å². The van der Waals surface area contributed by atoms with E-state index in [4.69, 9.17) is 6.42 Å². The molecule has 1 atom stereocenters. The Kier molecular flexibility index (Phi) is 12.3. The molecule has 41 heavy (non-hydrogen) atoms. The van der Waals surface area contributed by atoms with Crippen LogP contribution in [0.3, 0.4) is 0 Å². The predicted octanol–water partition coefficient (Wildman–Crippen LogP) is 5.35. The van der Waals surface area contributed by atoms with Crippen LogP contribution >= 0.6 is 0 Å². The van der Waals surface area contributed by atoms with Gasteiger partial charge < -0.3 is 10.6 Å². The van der Waals surface area contributed by atoms with Crippen molar-refractivity contribution >= 4 is 17.5 Å². The third kappa shape index (κ3) is 9.28. The summed E-state index contributed by atoms with van der Waals surface area (Å²) in [5, 5.41) is 6.36. The Morgan fingerprint density at radius 1 is 1.20 bits per heavy atom. The summed E-state index contributed by atoms with van der Waals surface area (Å²) in [6, 6.07) is -0.468. The van der Waals surface area contributed by atoms with Crippen molar-refractivity contribution in [3.05, 3.63) is 70.3 Å². The lowest BCUT2D eigenvalue weighted by molar-refractivity contribution is -0.119. The molecule has 0 radical (unpaired) electrons. The zero-order valence-electron chi connectivity index (χ0n) is 23.4. The van der Waals surface area contributed by atoms with Crippen molar-refractivity contribution in [3.8, 4) is 12.3 Å². The van der Waals surface area contributed by atoms with Crippen LogP contribution in [-0.4, -0.2) is 48.3 Å². The van der Waals surface area contributed by atoms with Gasteiger partial charge in [-0.1, -0.05) is 25.0 Å². The van der Waals surface area contributed by atoms with Crippen molar-refractivity contribution < 1.29 is 31.5 Å². The lowest BCUT2D eigenvalue weighted by Gasteiger charge is -2.30. The van der Waals surface area contributed by atoms with Crippen molar-refractivity contribution in [1.29, 1.82) is 0 Å². The van der Waals surface area contributed by atoms with E-state index in [1.54, 1.807) is 6.92 Å². The average Bonchev–Trinajstić information content (AvgIpc) is 2.92. The monoisotopic (exact) mass is 579 g/mol. The SMILES string of the molecule is C#C/C=C(\C)C(CC/C=C/CC)NC(=O)C1=CC(C(=O)NCC2=CC(C(F)(F)F)=C(F)CC2)=N/C(=C(/C)F)N1NC. The number of rotatable bonds is 11. The van der Waals surface area contributed by atoms with Crippen LogP contribution in [0, 0.1) is 12.3 Å². The normalized spacial score (nSPS) is 18.4. The van der Waals surface area contributed by atoms with Crippen molar-refractivity contribution in [2.24, 2.45) is 4.99 Å². The number of nitrogens with one attached hydrogen (secondary N) is 3. The van der Waals surface area contributed by atoms with E-state index in [9.17, 15) is 31.5 Å². The highest BCUT2D eigenvalue weighted by Gasteiger charge is 2.37. The number of carbonyl (C=O) groups is 2. The molecule has 0 fully saturated rings. The molecule has 0 bridgehead atoms. The van der Waals surface area contributed by atoms with Crippen LogP contribution in [0.2, 0.25) is 0 Å². The number of alkyl halides is 3. The second kappa shape index (κ2) is 15.1. The van der Waals surface area contributed by atoms with Gasteiger partial charge in [-0.3, -0.25) is 14.6 Å². The first-order valence-corrected chi connectivity index (χ1v) is 13.0. The molecule has 0 saturated carbocycles. The molecule has 0 aromatic rings. The highest BCUT2D eigenvalue weighted by atomic mass is 19.4. The summed E-state index contributed by atoms with van der Waals surface area (Å²) >= 11 is 0. The van der Waals surface area contributed by atoms with Crippen molar-refractivity contribution in [2.75, 3.05) is 13.6 Å². The van der Waals surface area contributed by atoms with Gasteiger partial charge in [0.2, 0.25) is 0 Å². The quantitative estimate of drug-likeness (QED) is 0.175. The van der Waals surface area contributed by atoms with Crippen LogP contribution in [0.15, 0.2) is 75.3 Å². The molecule has 1 unspecified atom stereocenters. The van der Waals surface area contributed by atoms with Gasteiger partial charge in [-0.2, -0.15) is 13.2 Å². The number of carbonyl (C=O) groups excluding carboxylic acids is 2. The predicted molar refractivity (Wildman–Crippen MR) is 148 cm³/mol. The molecule has 12 heteroatoms. The number of aliphatic imine (C=N–C) groups is 1. The van der Waals surface area contributed by atoms with Crippen LogP contribution in [0.4, 0.5) is 22.0 Å². The number of nitrogens with zero attached hydrogens (tertiary/aromatic N) is 2. The first kappa shape index (κ1) is 33.2. The molecular formula is C29H34F5N5O2. The van der Waals surface area contributed by atoms with Gasteiger partial charge in [0, 0.05) is 26.1 Å². The molecule has 0 spiro atoms. The lowest BCUT2D eigenvalue weighted by atomic mass is 9.98. The smallest absolute Gasteiger partial charge is 0.347 e. The fourth-order valence-corrected chi connectivity index (χ4v) is 4.09. The minimum absolute atomic E-state index is 0.0245. The number of hydrogen-bond acceptors (Lipinski definition) is 5. The van der Waals surface area contributed by atoms with Crippen LogP contribution in [0.1, 0.15) is 52.9 Å². The molecule has 222 valence electrons. The summed E-state index contributed by atoms with van der Waals surface area (Å²) in [5.41, 5.74) is 1.65. The van der Waals surface area contributed by atoms with Gasteiger partial charge >= 0.3 is 6.18 Å². The minimum Gasteiger partial charge on any atom is -0.347 e. The Balaban J connectivity index is 2.33. The van der Waals surface area contributed by atoms with Crippen LogP contribution in [0.5, 0.6) is 0 Å². The van der Waals surface area contributed by atoms with E-state index in [0.717, 1.165) is 24.4 Å². The molecule has 1 aliphatic heterocycles. The van der Waals surface area contributed by atoms with Gasteiger partial charge in [0.25, 0.3) is 11.8 Å². The molecule has 7 nitrogen and oxygen atoms in total. The van der Waals surface area contributed by atoms with Gasteiger partial charge in [-0.15, -0.1) is 6.42 Å². The Labute approximate surface area is 236 Å². The molecule has 1 aliphatic carbocycles. The maximum atomic E-state index is 14.5. The molecule has 0 saturated heterocycles. The van der Waals surface area contributed by atoms with E-state index in [1.807, 2.05) is 19.1 Å². The van der Waals surface area contributed by atoms with Crippen molar-refractivity contribution in [2.45, 2.75) is 65.1 Å². The average molecular weight is 580 g/mol. The van der Waals surface area contributed by atoms with E-state index in [1.165, 1.54) is 13.1 Å². The highest BCUT2D eigenvalue weighted by molar-refractivity contribution is 6.44. The highest BCUT2D eigenvalue weighted by Crippen LogP contribution is 2.36. The summed E-state index contributed by atoms with van der Waals surface area (Å²) < 4.78 is 67.5. The summed E-state index contributed by atoms with van der Waals surface area (Å²) in [5.74, 6) is -1.52. The fourth-order valence-electron chi connectivity index (χ4n) is 4.09. The number of halogens is 5. The Hall–Kier alpha value is -3.98. The molecule has 2 amide bonds. The molecule has 3 N–H and O–H groups in total. The molecular weight excluding hydrogens is 545 g/mol. The Morgan fingerprint density at radius 3 is 2.49 bits per heavy atom. The maximum Gasteiger partial charge on any atom is 0.418 e. The van der Waals surface area contributed by atoms with E-state index < -0.39 is 47.7 Å². The van der Waals surface area contributed by atoms with E-state index in [0.29, 0.717) is 24.5 Å². The van der Waals surface area contributed by atoms with Crippen molar-refractivity contribution in [1.82, 2.24) is 21.1 Å². The molecule has 1 heterocycles. The second-order valence-corrected chi connectivity index (χ2v) is 9.28. The van der Waals surface area contributed by atoms with Crippen molar-refractivity contribution in [3.63, 3.8) is 0 Å². The largest absolute Gasteiger partial charge is 0.418 e. The van der Waals surface area contributed by atoms with Crippen LogP contribution in [-0.2, 0) is 9.59 Å². The van der Waals surface area contributed by atoms with Gasteiger partial charge in [0.15, 0.2) is 5.82 Å². The molecule has 2 aliphatic rings. The summed E-state index contributed by atoms with van der Waals surface area (Å²) in [6.07, 6.45) is 9.40. The molecule has 0 aromatic heterocycles. The maximum absolute atomic E-state index is 14.5. The molecule has 2 rings (SSSR count). The number of hydrazine groups is 1. The third-order valence-electron chi connectivity index (χ3n) is 6.23. The van der Waals surface area contributed by atoms with Crippen LogP contribution in [0.25, 0.3) is 0 Å². The standard InChI is InChI=1S/C29H34F5N5O2/c1-6-8-9-10-12-23(18(3)11-7-2)38-28(41)25-16-24(37-26(19(4)30)39(25)35-5)27(40)36-17-20-13-14-22(31)21(15-20)29(32,33)34/h2,8-9,11,15-16,23,35H,6,10,12-14,17H2,1,3-5H3,(H,36,40)(H,38,41)/b9-8+,18-11+,26-19+. The van der Waals surface area contributed by atoms with Gasteiger partial charge in [-0.05, 0) is 62.8 Å². The van der Waals surface area contributed by atoms with Gasteiger partial charge in [-0.25, -0.2) is 19.2 Å². The first-order valence-electron chi connectivity index (χ1n) is 13.0. The van der Waals surface area contributed by atoms with E-state index in [-0.39, 0.29) is 35.8 Å². The zero-order valence-corrected chi connectivity index (χ0v) is 23.4. The third-order valence-corrected chi connectivity index (χ3v) is 6.23. The Bertz CT molecular complexity index is 1280. The topological polar surface area (TPSA) is 85.8 Å². The Morgan fingerprint density at radius 2 is 1.90 bits per heavy atom. The van der Waals surface area contributed by atoms with Crippen LogP contribution < -0.4 is 16.1 Å². The number of amides is 2. The minimum atomic E-state index is -4.87. The van der Waals surface area contributed by atoms with Gasteiger partial charge in [0.05, 0.1) is 11.6 Å². The summed E-state index contributed by atoms with van der Waals surface area (Å²) in [7, 11) is 1.43. The fraction of sp³-hybridized carbons (Fsp3) is 0.414. The first-order chi connectivity index (χ1) is 19.3. The summed E-state index contributed by atoms with van der Waals surface area (Å²) in [6.45, 7) is 4.53. The number of hydrogen-bond donors (Lipinski definition) is 3. The summed E-state index contributed by atoms with van der Waals surface area (Å²) in [4.78, 5) is 30.4. The lowest BCUT2D eigenvalue weighted by Crippen LogP contribution is -2.47. The van der Waals surface area contributed by atoms with E-state index >= 15 is 0 Å². The number of terminal acetylenes is 1. The van der Waals surface area contributed by atoms with E-state index in [2.05, 4.69) is 27.0 Å². The number of allylic oxidation sites excluding steroid dienone is 7.